The van der Waals surface area contributed by atoms with Crippen LogP contribution in [0.25, 0.3) is 0 Å². The predicted molar refractivity (Wildman–Crippen MR) is 113 cm³/mol. The van der Waals surface area contributed by atoms with Crippen molar-refractivity contribution in [3.05, 3.63) is 53.6 Å². The summed E-state index contributed by atoms with van der Waals surface area (Å²) >= 11 is 0. The quantitative estimate of drug-likeness (QED) is 0.738. The number of aryl methyl sites for hydroxylation is 1. The van der Waals surface area contributed by atoms with Gasteiger partial charge in [0.2, 0.25) is 0 Å². The van der Waals surface area contributed by atoms with Crippen molar-refractivity contribution in [2.75, 3.05) is 24.5 Å². The van der Waals surface area contributed by atoms with Crippen molar-refractivity contribution in [3.63, 3.8) is 0 Å². The number of hydrogen-bond donors (Lipinski definition) is 0. The molecule has 0 unspecified atom stereocenters. The van der Waals surface area contributed by atoms with Gasteiger partial charge in [0.15, 0.2) is 19.7 Å². The molecule has 0 heterocycles. The van der Waals surface area contributed by atoms with Crippen LogP contribution in [0.3, 0.4) is 0 Å². The lowest BCUT2D eigenvalue weighted by Crippen LogP contribution is -2.34. The highest BCUT2D eigenvalue weighted by Gasteiger charge is 2.33. The molecule has 0 spiro atoms. The van der Waals surface area contributed by atoms with Gasteiger partial charge in [0.05, 0.1) is 15.5 Å². The van der Waals surface area contributed by atoms with Crippen molar-refractivity contribution >= 4 is 25.4 Å². The van der Waals surface area contributed by atoms with Crippen molar-refractivity contribution in [2.24, 2.45) is 0 Å². The van der Waals surface area contributed by atoms with E-state index in [1.807, 2.05) is 11.9 Å². The van der Waals surface area contributed by atoms with E-state index < -0.39 is 19.7 Å². The minimum absolute atomic E-state index is 0.0200. The highest BCUT2D eigenvalue weighted by Crippen LogP contribution is 2.40. The van der Waals surface area contributed by atoms with Gasteiger partial charge in [-0.25, -0.2) is 16.8 Å². The molecule has 0 radical (unpaired) electrons. The van der Waals surface area contributed by atoms with Gasteiger partial charge in [-0.2, -0.15) is 0 Å². The van der Waals surface area contributed by atoms with Crippen LogP contribution >= 0.6 is 0 Å². The Morgan fingerprint density at radius 1 is 0.893 bits per heavy atom. The first kappa shape index (κ1) is 20.9. The van der Waals surface area contributed by atoms with E-state index in [0.717, 1.165) is 31.8 Å². The van der Waals surface area contributed by atoms with E-state index in [9.17, 15) is 16.8 Å². The molecular formula is C21H27NO4S2. The third-order valence-corrected chi connectivity index (χ3v) is 7.86. The molecule has 5 nitrogen and oxygen atoms in total. The Morgan fingerprint density at radius 3 is 2.11 bits per heavy atom. The maximum atomic E-state index is 12.4. The molecule has 0 aromatic heterocycles. The molecule has 3 rings (SSSR count). The molecule has 2 atom stereocenters. The van der Waals surface area contributed by atoms with E-state index in [2.05, 4.69) is 31.2 Å². The fourth-order valence-electron chi connectivity index (χ4n) is 4.10. The highest BCUT2D eigenvalue weighted by molar-refractivity contribution is 7.91. The van der Waals surface area contributed by atoms with Crippen molar-refractivity contribution in [1.29, 1.82) is 0 Å². The zero-order chi connectivity index (χ0) is 20.7. The molecule has 1 fully saturated rings. The topological polar surface area (TPSA) is 71.5 Å². The molecular weight excluding hydrogens is 394 g/mol. The van der Waals surface area contributed by atoms with Crippen molar-refractivity contribution in [3.8, 4) is 0 Å². The Labute approximate surface area is 168 Å². The standard InChI is InChI=1S/C21H27NO4S2/c1-15-8-10-16(11-9-15)18-6-5-7-19(18)22(2)20-13-12-17(27(3,23)24)14-21(20)28(4,25)26/h8-14,18-19H,5-7H2,1-4H3/t18-,19+/m1/s1. The molecule has 0 saturated heterocycles. The molecule has 0 aliphatic heterocycles. The average molecular weight is 422 g/mol. The Bertz CT molecular complexity index is 1070. The fraction of sp³-hybridized carbons (Fsp3) is 0.429. The molecule has 1 aliphatic carbocycles. The van der Waals surface area contributed by atoms with Crippen LogP contribution in [0.5, 0.6) is 0 Å². The summed E-state index contributed by atoms with van der Waals surface area (Å²) in [6, 6.07) is 13.1. The van der Waals surface area contributed by atoms with E-state index in [1.54, 1.807) is 6.07 Å². The highest BCUT2D eigenvalue weighted by atomic mass is 32.2. The van der Waals surface area contributed by atoms with Crippen molar-refractivity contribution in [2.45, 2.75) is 47.9 Å². The maximum Gasteiger partial charge on any atom is 0.177 e. The smallest absolute Gasteiger partial charge is 0.177 e. The van der Waals surface area contributed by atoms with Gasteiger partial charge >= 0.3 is 0 Å². The summed E-state index contributed by atoms with van der Waals surface area (Å²) in [6.45, 7) is 2.06. The van der Waals surface area contributed by atoms with Gasteiger partial charge in [-0.15, -0.1) is 0 Å². The first-order valence-corrected chi connectivity index (χ1v) is 13.1. The summed E-state index contributed by atoms with van der Waals surface area (Å²) in [6.07, 6.45) is 5.29. The van der Waals surface area contributed by atoms with Crippen LogP contribution in [-0.4, -0.2) is 42.4 Å². The predicted octanol–water partition coefficient (Wildman–Crippen LogP) is 3.57. The third kappa shape index (κ3) is 4.25. The molecule has 0 amide bonds. The van der Waals surface area contributed by atoms with Crippen LogP contribution in [-0.2, 0) is 19.7 Å². The molecule has 2 aromatic carbocycles. The minimum Gasteiger partial charge on any atom is -0.370 e. The first-order chi connectivity index (χ1) is 13.0. The summed E-state index contributed by atoms with van der Waals surface area (Å²) < 4.78 is 48.7. The minimum atomic E-state index is -3.58. The summed E-state index contributed by atoms with van der Waals surface area (Å²) in [5.74, 6) is 0.313. The zero-order valence-corrected chi connectivity index (χ0v) is 18.3. The maximum absolute atomic E-state index is 12.4. The Balaban J connectivity index is 2.03. The second-order valence-electron chi connectivity index (χ2n) is 7.80. The molecule has 2 aromatic rings. The molecule has 28 heavy (non-hydrogen) atoms. The van der Waals surface area contributed by atoms with E-state index >= 15 is 0 Å². The lowest BCUT2D eigenvalue weighted by atomic mass is 9.92. The van der Waals surface area contributed by atoms with Crippen molar-refractivity contribution < 1.29 is 16.8 Å². The number of benzene rings is 2. The third-order valence-electron chi connectivity index (χ3n) is 5.62. The average Bonchev–Trinajstić information content (AvgIpc) is 3.09. The van der Waals surface area contributed by atoms with Gasteiger partial charge in [-0.05, 0) is 43.5 Å². The molecule has 152 valence electrons. The lowest BCUT2D eigenvalue weighted by molar-refractivity contribution is 0.573. The number of hydrogen-bond acceptors (Lipinski definition) is 5. The number of likely N-dealkylation sites (N-methyl/N-ethyl adjacent to an activating group) is 1. The largest absolute Gasteiger partial charge is 0.370 e. The molecule has 7 heteroatoms. The summed E-state index contributed by atoms with van der Waals surface area (Å²) in [5, 5.41) is 0. The monoisotopic (exact) mass is 421 g/mol. The Morgan fingerprint density at radius 2 is 1.54 bits per heavy atom. The van der Waals surface area contributed by atoms with Gasteiger partial charge < -0.3 is 4.90 Å². The zero-order valence-electron chi connectivity index (χ0n) is 16.7. The van der Waals surface area contributed by atoms with Gasteiger partial charge in [0.25, 0.3) is 0 Å². The van der Waals surface area contributed by atoms with E-state index in [-0.39, 0.29) is 15.8 Å². The number of anilines is 1. The van der Waals surface area contributed by atoms with Crippen LogP contribution in [0.2, 0.25) is 0 Å². The normalized spacial score (nSPS) is 20.3. The van der Waals surface area contributed by atoms with Crippen LogP contribution in [0.15, 0.2) is 52.3 Å². The Kier molecular flexibility index (Phi) is 5.60. The van der Waals surface area contributed by atoms with E-state index in [0.29, 0.717) is 11.6 Å². The van der Waals surface area contributed by atoms with Crippen LogP contribution in [0.1, 0.15) is 36.3 Å². The van der Waals surface area contributed by atoms with E-state index in [1.165, 1.54) is 23.3 Å². The summed E-state index contributed by atoms with van der Waals surface area (Å²) in [4.78, 5) is 2.10. The van der Waals surface area contributed by atoms with Crippen LogP contribution < -0.4 is 4.90 Å². The summed E-state index contributed by atoms with van der Waals surface area (Å²) in [5.41, 5.74) is 3.02. The molecule has 0 bridgehead atoms. The van der Waals surface area contributed by atoms with Gasteiger partial charge in [-0.1, -0.05) is 36.2 Å². The number of rotatable bonds is 5. The number of sulfone groups is 2. The Hall–Kier alpha value is -1.86. The fourth-order valence-corrected chi connectivity index (χ4v) is 5.75. The van der Waals surface area contributed by atoms with Gasteiger partial charge in [0, 0.05) is 31.5 Å². The first-order valence-electron chi connectivity index (χ1n) is 9.32. The van der Waals surface area contributed by atoms with Crippen LogP contribution in [0.4, 0.5) is 5.69 Å². The second kappa shape index (κ2) is 7.52. The van der Waals surface area contributed by atoms with Crippen LogP contribution in [0, 0.1) is 6.92 Å². The van der Waals surface area contributed by atoms with Crippen molar-refractivity contribution in [1.82, 2.24) is 0 Å². The van der Waals surface area contributed by atoms with Gasteiger partial charge in [-0.3, -0.25) is 0 Å². The summed E-state index contributed by atoms with van der Waals surface area (Å²) in [7, 11) is -5.17. The molecule has 1 saturated carbocycles. The second-order valence-corrected chi connectivity index (χ2v) is 11.8. The van der Waals surface area contributed by atoms with E-state index in [4.69, 9.17) is 0 Å². The van der Waals surface area contributed by atoms with Gasteiger partial charge in [0.1, 0.15) is 0 Å². The molecule has 1 aliphatic rings. The molecule has 0 N–H and O–H groups in total. The number of nitrogens with zero attached hydrogens (tertiary/aromatic N) is 1. The SMILES string of the molecule is Cc1ccc([C@H]2CCC[C@@H]2N(C)c2ccc(S(C)(=O)=O)cc2S(C)(=O)=O)cc1. The lowest BCUT2D eigenvalue weighted by Gasteiger charge is -2.33.